The minimum absolute atomic E-state index is 0.123. The topological polar surface area (TPSA) is 189 Å². The molecule has 2 unspecified atom stereocenters. The Balaban J connectivity index is 0.000000845. The first kappa shape index (κ1) is 48.2. The van der Waals surface area contributed by atoms with Gasteiger partial charge in [-0.3, -0.25) is 19.2 Å². The number of aliphatic carboxylic acids is 1. The first-order valence-electron chi connectivity index (χ1n) is 17.2. The van der Waals surface area contributed by atoms with Gasteiger partial charge in [0.2, 0.25) is 0 Å². The van der Waals surface area contributed by atoms with Crippen LogP contribution in [0.25, 0.3) is 0 Å². The Bertz CT molecular complexity index is 1450. The summed E-state index contributed by atoms with van der Waals surface area (Å²) in [5.74, 6) is -3.39. The highest BCUT2D eigenvalue weighted by Gasteiger charge is 2.43. The second kappa shape index (κ2) is 23.0. The van der Waals surface area contributed by atoms with Gasteiger partial charge in [0.25, 0.3) is 0 Å². The highest BCUT2D eigenvalue weighted by Crippen LogP contribution is 2.39. The lowest BCUT2D eigenvalue weighted by molar-refractivity contribution is -0.169. The van der Waals surface area contributed by atoms with Crippen LogP contribution in [0.1, 0.15) is 92.2 Å². The van der Waals surface area contributed by atoms with E-state index >= 15 is 0 Å². The van der Waals surface area contributed by atoms with Crippen LogP contribution in [-0.2, 0) is 65.7 Å². The lowest BCUT2D eigenvalue weighted by Crippen LogP contribution is -2.39. The standard InChI is InChI=1S/C20H28O6.C11H20O4.C9H10O3/c1-6-20(4,14-19(2,3)17(22)24-5)18(23)26-13-16(21)25-12-15-10-8-7-9-11-15;1-6-11(4,8(12)13)7-10(2,3)9(14)15-5;10-6-9(11)12-7-8-4-2-1-3-5-8/h7-11H,6,12-14H2,1-5H3;6-7H2,1-5H3,(H,12,13);1-5,10H,6-7H2. The van der Waals surface area contributed by atoms with Crippen LogP contribution in [0, 0.1) is 21.7 Å². The van der Waals surface area contributed by atoms with E-state index in [-0.39, 0.29) is 32.0 Å². The molecule has 0 radical (unpaired) electrons. The number of aliphatic hydroxyl groups excluding tert-OH is 1. The van der Waals surface area contributed by atoms with E-state index in [1.165, 1.54) is 14.2 Å². The van der Waals surface area contributed by atoms with Gasteiger partial charge in [0.1, 0.15) is 19.8 Å². The molecule has 2 aromatic carbocycles. The summed E-state index contributed by atoms with van der Waals surface area (Å²) in [6.45, 7) is 13.2. The van der Waals surface area contributed by atoms with E-state index < -0.39 is 64.7 Å². The van der Waals surface area contributed by atoms with Gasteiger partial charge in [-0.1, -0.05) is 74.5 Å². The monoisotopic (exact) mass is 746 g/mol. The van der Waals surface area contributed by atoms with Crippen molar-refractivity contribution in [1.82, 2.24) is 0 Å². The zero-order valence-electron chi connectivity index (χ0n) is 32.8. The van der Waals surface area contributed by atoms with Crippen LogP contribution >= 0.6 is 0 Å². The first-order valence-corrected chi connectivity index (χ1v) is 17.2. The fraction of sp³-hybridized carbons (Fsp3) is 0.550. The third kappa shape index (κ3) is 17.5. The Morgan fingerprint density at radius 3 is 1.28 bits per heavy atom. The van der Waals surface area contributed by atoms with Gasteiger partial charge < -0.3 is 33.9 Å². The Morgan fingerprint density at radius 2 is 0.943 bits per heavy atom. The van der Waals surface area contributed by atoms with Gasteiger partial charge in [-0.25, -0.2) is 9.59 Å². The van der Waals surface area contributed by atoms with Gasteiger partial charge in [0.05, 0.1) is 35.9 Å². The molecule has 0 spiro atoms. The summed E-state index contributed by atoms with van der Waals surface area (Å²) in [6, 6.07) is 18.5. The van der Waals surface area contributed by atoms with Crippen molar-refractivity contribution in [2.45, 2.75) is 94.3 Å². The predicted octanol–water partition coefficient (Wildman–Crippen LogP) is 6.08. The summed E-state index contributed by atoms with van der Waals surface area (Å²) in [5.41, 5.74) is -1.62. The molecule has 53 heavy (non-hydrogen) atoms. The quantitative estimate of drug-likeness (QED) is 0.140. The number of carboxylic acid groups (broad SMARTS) is 1. The number of carbonyl (C=O) groups is 6. The Hall–Kier alpha value is -4.78. The molecular weight excluding hydrogens is 688 g/mol. The van der Waals surface area contributed by atoms with Crippen LogP contribution < -0.4 is 0 Å². The van der Waals surface area contributed by atoms with E-state index in [4.69, 9.17) is 24.4 Å². The zero-order valence-corrected chi connectivity index (χ0v) is 32.8. The third-order valence-corrected chi connectivity index (χ3v) is 8.65. The minimum atomic E-state index is -0.905. The molecule has 2 atom stereocenters. The maximum absolute atomic E-state index is 12.5. The van der Waals surface area contributed by atoms with E-state index in [0.29, 0.717) is 12.8 Å². The average molecular weight is 747 g/mol. The molecule has 0 bridgehead atoms. The van der Waals surface area contributed by atoms with Crippen LogP contribution in [-0.4, -0.2) is 73.5 Å². The van der Waals surface area contributed by atoms with Crippen molar-refractivity contribution in [2.24, 2.45) is 21.7 Å². The number of benzene rings is 2. The van der Waals surface area contributed by atoms with E-state index in [1.54, 1.807) is 41.5 Å². The number of aliphatic hydroxyl groups is 1. The highest BCUT2D eigenvalue weighted by atomic mass is 16.6. The molecule has 296 valence electrons. The third-order valence-electron chi connectivity index (χ3n) is 8.65. The number of ether oxygens (including phenoxy) is 5. The van der Waals surface area contributed by atoms with Crippen molar-refractivity contribution >= 4 is 35.8 Å². The second-order valence-corrected chi connectivity index (χ2v) is 14.3. The molecule has 0 aliphatic rings. The van der Waals surface area contributed by atoms with Crippen LogP contribution in [0.3, 0.4) is 0 Å². The van der Waals surface area contributed by atoms with Crippen LogP contribution in [0.2, 0.25) is 0 Å². The van der Waals surface area contributed by atoms with Crippen molar-refractivity contribution in [3.63, 3.8) is 0 Å². The predicted molar refractivity (Wildman–Crippen MR) is 196 cm³/mol. The summed E-state index contributed by atoms with van der Waals surface area (Å²) >= 11 is 0. The van der Waals surface area contributed by atoms with Gasteiger partial charge in [0.15, 0.2) is 6.61 Å². The summed E-state index contributed by atoms with van der Waals surface area (Å²) in [7, 11) is 2.63. The van der Waals surface area contributed by atoms with E-state index in [2.05, 4.69) is 9.47 Å². The number of hydrogen-bond acceptors (Lipinski definition) is 12. The van der Waals surface area contributed by atoms with Gasteiger partial charge in [0, 0.05) is 0 Å². The van der Waals surface area contributed by atoms with E-state index in [0.717, 1.165) is 11.1 Å². The lowest BCUT2D eigenvalue weighted by atomic mass is 9.72. The molecule has 0 heterocycles. The van der Waals surface area contributed by atoms with E-state index in [9.17, 15) is 28.8 Å². The van der Waals surface area contributed by atoms with Crippen LogP contribution in [0.15, 0.2) is 60.7 Å². The van der Waals surface area contributed by atoms with Gasteiger partial charge in [-0.2, -0.15) is 0 Å². The van der Waals surface area contributed by atoms with Crippen molar-refractivity contribution in [2.75, 3.05) is 27.4 Å². The minimum Gasteiger partial charge on any atom is -0.481 e. The van der Waals surface area contributed by atoms with Crippen LogP contribution in [0.4, 0.5) is 0 Å². The van der Waals surface area contributed by atoms with Crippen molar-refractivity contribution in [1.29, 1.82) is 0 Å². The maximum Gasteiger partial charge on any atom is 0.344 e. The fourth-order valence-corrected chi connectivity index (χ4v) is 5.20. The molecule has 13 heteroatoms. The number of carbonyl (C=O) groups excluding carboxylic acids is 5. The molecule has 0 saturated heterocycles. The van der Waals surface area contributed by atoms with Crippen molar-refractivity contribution in [3.05, 3.63) is 71.8 Å². The Labute approximate surface area is 313 Å². The molecule has 0 fully saturated rings. The molecule has 0 saturated carbocycles. The normalized spacial score (nSPS) is 13.1. The van der Waals surface area contributed by atoms with Crippen LogP contribution in [0.5, 0.6) is 0 Å². The SMILES string of the molecule is CCC(C)(CC(C)(C)C(=O)OC)C(=O)O.CCC(C)(CC(C)(C)C(=O)OC)C(=O)OCC(=O)OCc1ccccc1.O=C(CO)OCc1ccccc1. The Kier molecular flexibility index (Phi) is 20.9. The lowest BCUT2D eigenvalue weighted by Gasteiger charge is -2.33. The summed E-state index contributed by atoms with van der Waals surface area (Å²) in [6.07, 6.45) is 1.48. The van der Waals surface area contributed by atoms with Crippen molar-refractivity contribution in [3.8, 4) is 0 Å². The highest BCUT2D eigenvalue weighted by molar-refractivity contribution is 5.82. The molecule has 2 N–H and O–H groups in total. The largest absolute Gasteiger partial charge is 0.481 e. The molecule has 2 aromatic rings. The average Bonchev–Trinajstić information content (AvgIpc) is 3.14. The first-order chi connectivity index (χ1) is 24.7. The molecule has 0 amide bonds. The van der Waals surface area contributed by atoms with E-state index in [1.807, 2.05) is 74.5 Å². The number of esters is 5. The number of carboxylic acids is 1. The Morgan fingerprint density at radius 1 is 0.566 bits per heavy atom. The smallest absolute Gasteiger partial charge is 0.344 e. The molecule has 2 rings (SSSR count). The second-order valence-electron chi connectivity index (χ2n) is 14.3. The number of rotatable bonds is 17. The summed E-state index contributed by atoms with van der Waals surface area (Å²) in [4.78, 5) is 69.2. The molecular formula is C40H58O13. The van der Waals surface area contributed by atoms with Gasteiger partial charge in [-0.05, 0) is 78.4 Å². The summed E-state index contributed by atoms with van der Waals surface area (Å²) in [5, 5.41) is 17.4. The molecule has 0 aliphatic heterocycles. The molecule has 0 aliphatic carbocycles. The van der Waals surface area contributed by atoms with Gasteiger partial charge >= 0.3 is 35.8 Å². The number of methoxy groups -OCH3 is 2. The van der Waals surface area contributed by atoms with Crippen molar-refractivity contribution < 1.29 is 62.7 Å². The zero-order chi connectivity index (χ0) is 40.9. The maximum atomic E-state index is 12.5. The van der Waals surface area contributed by atoms with Gasteiger partial charge in [-0.15, -0.1) is 0 Å². The molecule has 0 aromatic heterocycles. The fourth-order valence-electron chi connectivity index (χ4n) is 5.20. The summed E-state index contributed by atoms with van der Waals surface area (Å²) < 4.78 is 24.4. The number of hydrogen-bond donors (Lipinski definition) is 2. The molecule has 13 nitrogen and oxygen atoms in total.